The summed E-state index contributed by atoms with van der Waals surface area (Å²) >= 11 is 0. The Labute approximate surface area is 96.4 Å². The number of aliphatic hydroxyl groups excluding tert-OH is 1. The van der Waals surface area contributed by atoms with E-state index in [0.29, 0.717) is 0 Å². The Kier molecular flexibility index (Phi) is 4.46. The fourth-order valence-electron chi connectivity index (χ4n) is 1.25. The standard InChI is InChI=1S/C11H17NO3S/c1-9(2)11(8-13)12-16(14,15)10-6-4-3-5-7-10/h3-7,9,11-13H,8H2,1-2H3/t11-/m1/s1. The van der Waals surface area contributed by atoms with Crippen molar-refractivity contribution < 1.29 is 13.5 Å². The predicted octanol–water partition coefficient (Wildman–Crippen LogP) is 0.982. The lowest BCUT2D eigenvalue weighted by Crippen LogP contribution is -2.41. The van der Waals surface area contributed by atoms with E-state index in [-0.39, 0.29) is 17.4 Å². The largest absolute Gasteiger partial charge is 0.395 e. The van der Waals surface area contributed by atoms with Gasteiger partial charge < -0.3 is 5.11 Å². The molecule has 1 atom stereocenters. The monoisotopic (exact) mass is 243 g/mol. The average molecular weight is 243 g/mol. The molecule has 0 aromatic heterocycles. The zero-order valence-corrected chi connectivity index (χ0v) is 10.2. The highest BCUT2D eigenvalue weighted by molar-refractivity contribution is 7.89. The third-order valence-electron chi connectivity index (χ3n) is 2.36. The van der Waals surface area contributed by atoms with E-state index < -0.39 is 16.1 Å². The summed E-state index contributed by atoms with van der Waals surface area (Å²) < 4.78 is 26.2. The second-order valence-electron chi connectivity index (χ2n) is 3.97. The maximum atomic E-state index is 11.9. The topological polar surface area (TPSA) is 66.4 Å². The van der Waals surface area contributed by atoms with Crippen LogP contribution in [0.15, 0.2) is 35.2 Å². The molecule has 0 aliphatic heterocycles. The molecule has 0 radical (unpaired) electrons. The van der Waals surface area contributed by atoms with Crippen molar-refractivity contribution in [2.45, 2.75) is 24.8 Å². The van der Waals surface area contributed by atoms with Crippen LogP contribution in [0.1, 0.15) is 13.8 Å². The van der Waals surface area contributed by atoms with Crippen molar-refractivity contribution in [3.05, 3.63) is 30.3 Å². The van der Waals surface area contributed by atoms with Crippen LogP contribution in [0, 0.1) is 5.92 Å². The van der Waals surface area contributed by atoms with Crippen LogP contribution >= 0.6 is 0 Å². The summed E-state index contributed by atoms with van der Waals surface area (Å²) in [5.74, 6) is 0.0449. The van der Waals surface area contributed by atoms with Gasteiger partial charge in [0.1, 0.15) is 0 Å². The third-order valence-corrected chi connectivity index (χ3v) is 3.87. The molecule has 4 nitrogen and oxygen atoms in total. The van der Waals surface area contributed by atoms with Gasteiger partial charge in [-0.15, -0.1) is 0 Å². The summed E-state index contributed by atoms with van der Waals surface area (Å²) in [4.78, 5) is 0.217. The Hall–Kier alpha value is -0.910. The first-order valence-electron chi connectivity index (χ1n) is 5.15. The van der Waals surface area contributed by atoms with E-state index in [1.54, 1.807) is 18.2 Å². The molecule has 16 heavy (non-hydrogen) atoms. The third kappa shape index (κ3) is 3.30. The second kappa shape index (κ2) is 5.43. The van der Waals surface area contributed by atoms with E-state index in [1.807, 2.05) is 13.8 Å². The van der Waals surface area contributed by atoms with E-state index in [9.17, 15) is 8.42 Å². The minimum atomic E-state index is -3.53. The lowest BCUT2D eigenvalue weighted by Gasteiger charge is -2.19. The quantitative estimate of drug-likeness (QED) is 0.810. The van der Waals surface area contributed by atoms with E-state index in [0.717, 1.165) is 0 Å². The number of rotatable bonds is 5. The number of nitrogens with one attached hydrogen (secondary N) is 1. The van der Waals surface area contributed by atoms with Crippen molar-refractivity contribution in [2.75, 3.05) is 6.61 Å². The van der Waals surface area contributed by atoms with Gasteiger partial charge in [0.15, 0.2) is 0 Å². The zero-order chi connectivity index (χ0) is 12.2. The predicted molar refractivity (Wildman–Crippen MR) is 62.5 cm³/mol. The molecule has 90 valence electrons. The summed E-state index contributed by atoms with van der Waals surface area (Å²) in [6.45, 7) is 3.51. The van der Waals surface area contributed by atoms with Crippen LogP contribution in [-0.4, -0.2) is 26.2 Å². The number of sulfonamides is 1. The maximum Gasteiger partial charge on any atom is 0.240 e. The molecule has 0 unspecified atom stereocenters. The van der Waals surface area contributed by atoms with Crippen LogP contribution in [0.3, 0.4) is 0 Å². The molecule has 0 aliphatic carbocycles. The van der Waals surface area contributed by atoms with Gasteiger partial charge in [0, 0.05) is 6.04 Å². The fourth-order valence-corrected chi connectivity index (χ4v) is 2.65. The fraction of sp³-hybridized carbons (Fsp3) is 0.455. The molecule has 0 aliphatic rings. The summed E-state index contributed by atoms with van der Waals surface area (Å²) in [5, 5.41) is 9.08. The first kappa shape index (κ1) is 13.2. The van der Waals surface area contributed by atoms with Crippen LogP contribution in [0.2, 0.25) is 0 Å². The highest BCUT2D eigenvalue weighted by Crippen LogP contribution is 2.10. The first-order valence-corrected chi connectivity index (χ1v) is 6.64. The molecule has 0 amide bonds. The number of hydrogen-bond donors (Lipinski definition) is 2. The van der Waals surface area contributed by atoms with Crippen LogP contribution in [0.4, 0.5) is 0 Å². The molecule has 0 bridgehead atoms. The second-order valence-corrected chi connectivity index (χ2v) is 5.68. The van der Waals surface area contributed by atoms with Crippen LogP contribution < -0.4 is 4.72 Å². The van der Waals surface area contributed by atoms with Gasteiger partial charge in [0.25, 0.3) is 0 Å². The number of aliphatic hydroxyl groups is 1. The van der Waals surface area contributed by atoms with Gasteiger partial charge in [-0.3, -0.25) is 0 Å². The van der Waals surface area contributed by atoms with Crippen LogP contribution in [0.25, 0.3) is 0 Å². The molecule has 0 saturated carbocycles. The Morgan fingerprint density at radius 1 is 1.25 bits per heavy atom. The van der Waals surface area contributed by atoms with Gasteiger partial charge in [0.2, 0.25) is 10.0 Å². The summed E-state index contributed by atoms with van der Waals surface area (Å²) in [6, 6.07) is 7.68. The molecule has 1 rings (SSSR count). The van der Waals surface area contributed by atoms with Crippen molar-refractivity contribution in [3.8, 4) is 0 Å². The molecular formula is C11H17NO3S. The Morgan fingerprint density at radius 3 is 2.25 bits per heavy atom. The van der Waals surface area contributed by atoms with E-state index >= 15 is 0 Å². The van der Waals surface area contributed by atoms with Crippen LogP contribution in [-0.2, 0) is 10.0 Å². The van der Waals surface area contributed by atoms with Gasteiger partial charge in [-0.25, -0.2) is 13.1 Å². The summed E-state index contributed by atoms with van der Waals surface area (Å²) in [7, 11) is -3.53. The van der Waals surface area contributed by atoms with Gasteiger partial charge in [0.05, 0.1) is 11.5 Å². The normalized spacial score (nSPS) is 14.0. The molecule has 0 saturated heterocycles. The van der Waals surface area contributed by atoms with Crippen molar-refractivity contribution in [1.29, 1.82) is 0 Å². The van der Waals surface area contributed by atoms with Gasteiger partial charge in [-0.05, 0) is 18.1 Å². The minimum absolute atomic E-state index is 0.0449. The van der Waals surface area contributed by atoms with Crippen molar-refractivity contribution in [2.24, 2.45) is 5.92 Å². The van der Waals surface area contributed by atoms with E-state index in [2.05, 4.69) is 4.72 Å². The molecule has 0 fully saturated rings. The molecular weight excluding hydrogens is 226 g/mol. The molecule has 0 heterocycles. The Morgan fingerprint density at radius 2 is 1.81 bits per heavy atom. The highest BCUT2D eigenvalue weighted by atomic mass is 32.2. The molecule has 1 aromatic rings. The highest BCUT2D eigenvalue weighted by Gasteiger charge is 2.21. The maximum absolute atomic E-state index is 11.9. The molecule has 1 aromatic carbocycles. The molecule has 0 spiro atoms. The van der Waals surface area contributed by atoms with E-state index in [1.165, 1.54) is 12.1 Å². The van der Waals surface area contributed by atoms with Gasteiger partial charge in [-0.2, -0.15) is 0 Å². The molecule has 5 heteroatoms. The van der Waals surface area contributed by atoms with Crippen molar-refractivity contribution >= 4 is 10.0 Å². The van der Waals surface area contributed by atoms with Crippen molar-refractivity contribution in [1.82, 2.24) is 4.72 Å². The minimum Gasteiger partial charge on any atom is -0.395 e. The van der Waals surface area contributed by atoms with E-state index in [4.69, 9.17) is 5.11 Å². The Bertz CT molecular complexity index is 414. The lowest BCUT2D eigenvalue weighted by molar-refractivity contribution is 0.227. The molecule has 2 N–H and O–H groups in total. The van der Waals surface area contributed by atoms with Crippen molar-refractivity contribution in [3.63, 3.8) is 0 Å². The zero-order valence-electron chi connectivity index (χ0n) is 9.42. The number of benzene rings is 1. The summed E-state index contributed by atoms with van der Waals surface area (Å²) in [6.07, 6.45) is 0. The van der Waals surface area contributed by atoms with Gasteiger partial charge in [-0.1, -0.05) is 32.0 Å². The van der Waals surface area contributed by atoms with Gasteiger partial charge >= 0.3 is 0 Å². The Balaban J connectivity index is 2.88. The lowest BCUT2D eigenvalue weighted by atomic mass is 10.1. The summed E-state index contributed by atoms with van der Waals surface area (Å²) in [5.41, 5.74) is 0. The average Bonchev–Trinajstić information content (AvgIpc) is 2.27. The number of hydrogen-bond acceptors (Lipinski definition) is 3. The first-order chi connectivity index (χ1) is 7.47. The van der Waals surface area contributed by atoms with Crippen LogP contribution in [0.5, 0.6) is 0 Å². The smallest absolute Gasteiger partial charge is 0.240 e. The SMILES string of the molecule is CC(C)[C@@H](CO)NS(=O)(=O)c1ccccc1.